The van der Waals surface area contributed by atoms with Gasteiger partial charge in [0.05, 0.1) is 20.8 Å². The Labute approximate surface area is 226 Å². The molecule has 0 unspecified atom stereocenters. The zero-order valence-corrected chi connectivity index (χ0v) is 21.4. The lowest BCUT2D eigenvalue weighted by Gasteiger charge is -2.12. The molecule has 0 spiro atoms. The van der Waals surface area contributed by atoms with Gasteiger partial charge >= 0.3 is 5.69 Å². The average Bonchev–Trinajstić information content (AvgIpc) is 3.13. The lowest BCUT2D eigenvalue weighted by Crippen LogP contribution is -2.36. The second-order valence-corrected chi connectivity index (χ2v) is 9.57. The van der Waals surface area contributed by atoms with Crippen LogP contribution in [-0.4, -0.2) is 38.3 Å². The van der Waals surface area contributed by atoms with E-state index < -0.39 is 44.8 Å². The first-order valence-electron chi connectivity index (χ1n) is 10.6. The summed E-state index contributed by atoms with van der Waals surface area (Å²) in [5.74, 6) is -1.13. The maximum Gasteiger partial charge on any atom is 0.318 e. The molecule has 1 aliphatic heterocycles. The second kappa shape index (κ2) is 11.2. The van der Waals surface area contributed by atoms with Gasteiger partial charge in [-0.15, -0.1) is 0 Å². The predicted octanol–water partition coefficient (Wildman–Crippen LogP) is 5.73. The number of halogens is 1. The molecule has 3 aromatic rings. The van der Waals surface area contributed by atoms with Crippen LogP contribution in [0.2, 0.25) is 0 Å². The second-order valence-electron chi connectivity index (χ2n) is 7.66. The molecule has 14 heteroatoms. The van der Waals surface area contributed by atoms with Gasteiger partial charge in [-0.25, -0.2) is 0 Å². The molecule has 38 heavy (non-hydrogen) atoms. The summed E-state index contributed by atoms with van der Waals surface area (Å²) in [5, 5.41) is 24.2. The number of nitrogens with one attached hydrogen (secondary N) is 1. The molecule has 1 fully saturated rings. The Morgan fingerprint density at radius 2 is 1.68 bits per heavy atom. The van der Waals surface area contributed by atoms with Crippen LogP contribution in [0.4, 0.5) is 21.9 Å². The van der Waals surface area contributed by atoms with Crippen LogP contribution in [0, 0.1) is 20.2 Å². The summed E-state index contributed by atoms with van der Waals surface area (Å²) < 4.78 is 6.35. The van der Waals surface area contributed by atoms with E-state index in [1.807, 2.05) is 0 Å². The van der Waals surface area contributed by atoms with Gasteiger partial charge in [-0.3, -0.25) is 39.5 Å². The van der Waals surface area contributed by atoms with Crippen LogP contribution in [0.1, 0.15) is 5.56 Å². The quantitative estimate of drug-likeness (QED) is 0.194. The first kappa shape index (κ1) is 26.5. The fraction of sp³-hybridized carbons (Fsp3) is 0.0417. The molecule has 0 atom stereocenters. The molecule has 12 nitrogen and oxygen atoms in total. The molecule has 4 rings (SSSR count). The van der Waals surface area contributed by atoms with Crippen LogP contribution in [0.3, 0.4) is 0 Å². The fourth-order valence-corrected chi connectivity index (χ4v) is 4.38. The van der Waals surface area contributed by atoms with Gasteiger partial charge in [0, 0.05) is 16.2 Å². The van der Waals surface area contributed by atoms with Crippen molar-refractivity contribution in [3.8, 4) is 11.5 Å². The van der Waals surface area contributed by atoms with Gasteiger partial charge in [-0.2, -0.15) is 0 Å². The number of non-ortho nitro benzene ring substituents is 1. The Kier molecular flexibility index (Phi) is 7.83. The van der Waals surface area contributed by atoms with E-state index in [0.717, 1.165) is 27.6 Å². The third kappa shape index (κ3) is 6.22. The Hall–Kier alpha value is -4.56. The van der Waals surface area contributed by atoms with E-state index in [1.165, 1.54) is 18.2 Å². The van der Waals surface area contributed by atoms with E-state index in [1.54, 1.807) is 36.4 Å². The fourth-order valence-electron chi connectivity index (χ4n) is 3.27. The highest BCUT2D eigenvalue weighted by Gasteiger charge is 2.36. The van der Waals surface area contributed by atoms with Gasteiger partial charge in [0.1, 0.15) is 12.3 Å². The SMILES string of the molecule is O=C(CN1C(=O)S/C(=C/c2ccc(Oc3ccc([N+](=O)[O-])cc3[N+](=O)[O-])cc2)C1=O)Nc1ccc(Br)cc1. The maximum absolute atomic E-state index is 12.7. The standard InChI is InChI=1S/C24H15BrN4O8S/c25-15-3-5-16(6-4-15)26-22(30)13-27-23(31)21(38-24(27)32)11-14-1-8-18(9-2-14)37-20-10-7-17(28(33)34)12-19(20)29(35)36/h1-12H,13H2,(H,26,30)/b21-11+. The number of nitro groups is 2. The third-order valence-corrected chi connectivity index (χ3v) is 6.50. The Bertz CT molecular complexity index is 1490. The molecular formula is C24H15BrN4O8S. The first-order chi connectivity index (χ1) is 18.1. The zero-order valence-electron chi connectivity index (χ0n) is 19.0. The number of carbonyl (C=O) groups is 3. The van der Waals surface area contributed by atoms with Crippen LogP contribution in [0.15, 0.2) is 76.1 Å². The number of carbonyl (C=O) groups excluding carboxylic acids is 3. The first-order valence-corrected chi connectivity index (χ1v) is 12.2. The number of hydrogen-bond donors (Lipinski definition) is 1. The van der Waals surface area contributed by atoms with Crippen molar-refractivity contribution in [2.24, 2.45) is 0 Å². The van der Waals surface area contributed by atoms with E-state index in [2.05, 4.69) is 21.2 Å². The van der Waals surface area contributed by atoms with Crippen molar-refractivity contribution in [2.45, 2.75) is 0 Å². The Balaban J connectivity index is 1.43. The van der Waals surface area contributed by atoms with Gasteiger partial charge in [-0.05, 0) is 65.9 Å². The van der Waals surface area contributed by atoms with Crippen molar-refractivity contribution < 1.29 is 29.0 Å². The number of amides is 3. The molecule has 1 saturated heterocycles. The molecule has 0 saturated carbocycles. The number of anilines is 1. The minimum Gasteiger partial charge on any atom is -0.450 e. The van der Waals surface area contributed by atoms with Gasteiger partial charge in [0.25, 0.3) is 16.8 Å². The number of hydrogen-bond acceptors (Lipinski definition) is 9. The van der Waals surface area contributed by atoms with Crippen molar-refractivity contribution >= 4 is 67.9 Å². The van der Waals surface area contributed by atoms with Crippen LogP contribution >= 0.6 is 27.7 Å². The molecule has 0 bridgehead atoms. The minimum atomic E-state index is -0.786. The smallest absolute Gasteiger partial charge is 0.318 e. The number of ether oxygens (including phenoxy) is 1. The van der Waals surface area contributed by atoms with E-state index in [9.17, 15) is 34.6 Å². The van der Waals surface area contributed by atoms with Gasteiger partial charge < -0.3 is 10.1 Å². The minimum absolute atomic E-state index is 0.117. The number of nitro benzene ring substituents is 2. The molecule has 3 aromatic carbocycles. The summed E-state index contributed by atoms with van der Waals surface area (Å²) in [5.41, 5.74) is 0.0303. The van der Waals surface area contributed by atoms with Crippen molar-refractivity contribution in [2.75, 3.05) is 11.9 Å². The molecular weight excluding hydrogens is 584 g/mol. The highest BCUT2D eigenvalue weighted by molar-refractivity contribution is 9.10. The molecule has 0 aliphatic carbocycles. The van der Waals surface area contributed by atoms with E-state index >= 15 is 0 Å². The molecule has 1 heterocycles. The van der Waals surface area contributed by atoms with E-state index in [4.69, 9.17) is 4.74 Å². The number of thioether (sulfide) groups is 1. The van der Waals surface area contributed by atoms with Crippen LogP contribution in [0.25, 0.3) is 6.08 Å². The number of benzene rings is 3. The summed E-state index contributed by atoms with van der Waals surface area (Å²) in [6.45, 7) is -0.446. The van der Waals surface area contributed by atoms with Crippen molar-refractivity contribution in [1.29, 1.82) is 0 Å². The highest BCUT2D eigenvalue weighted by Crippen LogP contribution is 2.35. The number of nitrogens with zero attached hydrogens (tertiary/aromatic N) is 3. The summed E-state index contributed by atoms with van der Waals surface area (Å²) in [4.78, 5) is 59.0. The van der Waals surface area contributed by atoms with Crippen molar-refractivity contribution in [3.05, 3.63) is 102 Å². The van der Waals surface area contributed by atoms with Crippen molar-refractivity contribution in [3.63, 3.8) is 0 Å². The summed E-state index contributed by atoms with van der Waals surface area (Å²) in [7, 11) is 0. The average molecular weight is 599 g/mol. The highest BCUT2D eigenvalue weighted by atomic mass is 79.9. The van der Waals surface area contributed by atoms with Gasteiger partial charge in [0.2, 0.25) is 11.7 Å². The molecule has 1 aliphatic rings. The van der Waals surface area contributed by atoms with Crippen molar-refractivity contribution in [1.82, 2.24) is 4.90 Å². The topological polar surface area (TPSA) is 162 Å². The van der Waals surface area contributed by atoms with E-state index in [0.29, 0.717) is 23.0 Å². The molecule has 192 valence electrons. The largest absolute Gasteiger partial charge is 0.450 e. The van der Waals surface area contributed by atoms with Gasteiger partial charge in [0.15, 0.2) is 0 Å². The maximum atomic E-state index is 12.7. The number of imide groups is 1. The van der Waals surface area contributed by atoms with Crippen LogP contribution in [0.5, 0.6) is 11.5 Å². The van der Waals surface area contributed by atoms with Crippen LogP contribution in [-0.2, 0) is 9.59 Å². The van der Waals surface area contributed by atoms with Crippen LogP contribution < -0.4 is 10.1 Å². The monoisotopic (exact) mass is 598 g/mol. The lowest BCUT2D eigenvalue weighted by molar-refractivity contribution is -0.394. The predicted molar refractivity (Wildman–Crippen MR) is 142 cm³/mol. The zero-order chi connectivity index (χ0) is 27.4. The summed E-state index contributed by atoms with van der Waals surface area (Å²) in [6.07, 6.45) is 1.47. The van der Waals surface area contributed by atoms with Gasteiger partial charge in [-0.1, -0.05) is 28.1 Å². The Morgan fingerprint density at radius 3 is 2.32 bits per heavy atom. The lowest BCUT2D eigenvalue weighted by atomic mass is 10.2. The Morgan fingerprint density at radius 1 is 1.00 bits per heavy atom. The van der Waals surface area contributed by atoms with E-state index in [-0.39, 0.29) is 16.4 Å². The summed E-state index contributed by atoms with van der Waals surface area (Å²) >= 11 is 3.99. The normalized spacial score (nSPS) is 14.0. The number of rotatable bonds is 8. The third-order valence-electron chi connectivity index (χ3n) is 5.06. The molecule has 3 amide bonds. The summed E-state index contributed by atoms with van der Waals surface area (Å²) in [6, 6.07) is 15.9. The molecule has 1 N–H and O–H groups in total. The molecule has 0 radical (unpaired) electrons. The molecule has 0 aromatic heterocycles.